The van der Waals surface area contributed by atoms with E-state index in [1.165, 1.54) is 21.2 Å². The molecule has 11 aromatic rings. The van der Waals surface area contributed by atoms with Crippen LogP contribution in [0.1, 0.15) is 0 Å². The summed E-state index contributed by atoms with van der Waals surface area (Å²) in [6.07, 6.45) is 9.02. The van der Waals surface area contributed by atoms with Gasteiger partial charge in [-0.1, -0.05) is 170 Å². The van der Waals surface area contributed by atoms with Gasteiger partial charge in [0.1, 0.15) is 0 Å². The molecule has 22 heteroatoms. The molecule has 0 amide bonds. The molecule has 0 atom stereocenters. The van der Waals surface area contributed by atoms with E-state index in [1.54, 1.807) is 24.8 Å². The Hall–Kier alpha value is -6.39. The predicted molar refractivity (Wildman–Crippen MR) is 303 cm³/mol. The Morgan fingerprint density at radius 2 is 0.500 bits per heavy atom. The largest absolute Gasteiger partial charge is 1.00 e. The number of halogens is 8. The normalized spacial score (nSPS) is 10.5. The number of hydrogen-bond donors (Lipinski definition) is 2. The van der Waals surface area contributed by atoms with Gasteiger partial charge in [0.25, 0.3) is 0 Å². The number of rotatable bonds is 10. The minimum absolute atomic E-state index is 0. The van der Waals surface area contributed by atoms with Gasteiger partial charge in [0.05, 0.1) is 22.1 Å². The van der Waals surface area contributed by atoms with E-state index in [4.69, 9.17) is 0 Å². The van der Waals surface area contributed by atoms with Crippen LogP contribution in [0.4, 0.5) is 45.9 Å². The molecule has 0 saturated heterocycles. The van der Waals surface area contributed by atoms with Crippen LogP contribution in [-0.4, -0.2) is 58.0 Å². The van der Waals surface area contributed by atoms with E-state index >= 15 is 0 Å². The number of nitrogens with one attached hydrogen (secondary N) is 2. The van der Waals surface area contributed by atoms with Gasteiger partial charge in [-0.25, -0.2) is 0 Å². The number of hydrogen-bond acceptors (Lipinski definition) is 6. The Morgan fingerprint density at radius 3 is 0.705 bits per heavy atom. The van der Waals surface area contributed by atoms with E-state index in [-0.39, 0.29) is 55.7 Å². The fourth-order valence-corrected chi connectivity index (χ4v) is 11.6. The topological polar surface area (TPSA) is 139 Å². The van der Waals surface area contributed by atoms with Gasteiger partial charge in [0.2, 0.25) is 0 Å². The molecule has 0 unspecified atom stereocenters. The molecule has 4 heterocycles. The summed E-state index contributed by atoms with van der Waals surface area (Å²) in [6.45, 7) is 0. The fraction of sp³-hybridized carbons (Fsp3) is 0.0357. The zero-order valence-corrected chi connectivity index (χ0v) is 45.7. The fourth-order valence-electron chi connectivity index (χ4n) is 7.50. The minimum atomic E-state index is -6.00. The van der Waals surface area contributed by atoms with Gasteiger partial charge in [-0.15, -0.1) is 0 Å². The van der Waals surface area contributed by atoms with E-state index in [1.807, 2.05) is 24.3 Å². The summed E-state index contributed by atoms with van der Waals surface area (Å²) in [5.41, 5.74) is 6.20. The van der Waals surface area contributed by atoms with Gasteiger partial charge < -0.3 is 56.1 Å². The summed E-state index contributed by atoms with van der Waals surface area (Å²) >= 11 is 0. The Labute approximate surface area is 479 Å². The maximum absolute atomic E-state index is 9.75. The van der Waals surface area contributed by atoms with Crippen LogP contribution < -0.4 is 31.9 Å². The van der Waals surface area contributed by atoms with Crippen LogP contribution in [0.5, 0.6) is 0 Å². The molecule has 0 fully saturated rings. The van der Waals surface area contributed by atoms with Crippen LogP contribution in [0, 0.1) is 0 Å². The van der Waals surface area contributed by atoms with Crippen molar-refractivity contribution in [2.75, 3.05) is 23.2 Å². The molecule has 7 aromatic carbocycles. The second kappa shape index (κ2) is 33.1. The van der Waals surface area contributed by atoms with Crippen molar-refractivity contribution in [3.05, 3.63) is 243 Å². The molecule has 0 bridgehead atoms. The number of fused-ring (bicyclic) bond motifs is 6. The summed E-state index contributed by atoms with van der Waals surface area (Å²) in [5, 5.41) is 17.5. The van der Waals surface area contributed by atoms with Crippen molar-refractivity contribution in [1.29, 1.82) is 0 Å². The number of anilines is 2. The summed E-state index contributed by atoms with van der Waals surface area (Å²) in [7, 11) is -12.9. The second-order valence-electron chi connectivity index (χ2n) is 15.9. The molecule has 0 aliphatic carbocycles. The third-order valence-electron chi connectivity index (χ3n) is 10.7. The third kappa shape index (κ3) is 21.4. The SMILES string of the molecule is F[B-](F)(F)F.F[B-](F)(F)F.O.O.[Ag+].[Ag+].c1ccc(P(CNc2ccc(NCP(c3ccccc3)c3ccccc3)cc2)c2ccccc2)cc1.c1cnc2c(c1)ccc1cccnc12.c1cnc2c(c1)ccc1cccnc12. The summed E-state index contributed by atoms with van der Waals surface area (Å²) in [4.78, 5) is 17.4. The van der Waals surface area contributed by atoms with Crippen LogP contribution in [0.25, 0.3) is 43.6 Å². The van der Waals surface area contributed by atoms with Crippen LogP contribution in [-0.2, 0) is 44.8 Å². The van der Waals surface area contributed by atoms with Gasteiger partial charge in [0, 0.05) is 70.3 Å². The smallest absolute Gasteiger partial charge is 0.418 e. The van der Waals surface area contributed by atoms with Gasteiger partial charge in [0.15, 0.2) is 0 Å². The number of nitrogens with zero attached hydrogens (tertiary/aromatic N) is 4. The van der Waals surface area contributed by atoms with Gasteiger partial charge in [-0.05, 0) is 85.6 Å². The van der Waals surface area contributed by atoms with E-state index in [0.29, 0.717) is 0 Å². The van der Waals surface area contributed by atoms with Crippen molar-refractivity contribution in [2.45, 2.75) is 0 Å². The first kappa shape index (κ1) is 65.9. The molecule has 0 radical (unpaired) electrons. The van der Waals surface area contributed by atoms with Gasteiger partial charge in [-0.3, -0.25) is 19.9 Å². The van der Waals surface area contributed by atoms with E-state index < -0.39 is 30.4 Å². The molecule has 0 aliphatic rings. The Balaban J connectivity index is 0.000000312. The average molecular weight is 1290 g/mol. The zero-order valence-electron chi connectivity index (χ0n) is 41.0. The first-order chi connectivity index (χ1) is 35.8. The summed E-state index contributed by atoms with van der Waals surface area (Å²) < 4.78 is 78.0. The van der Waals surface area contributed by atoms with Crippen molar-refractivity contribution in [3.8, 4) is 0 Å². The molecular weight excluding hydrogens is 1240 g/mol. The quantitative estimate of drug-likeness (QED) is 0.0605. The zero-order chi connectivity index (χ0) is 52.2. The predicted octanol–water partition coefficient (Wildman–Crippen LogP) is 13.2. The summed E-state index contributed by atoms with van der Waals surface area (Å²) in [6, 6.07) is 76.3. The number of benzene rings is 7. The first-order valence-electron chi connectivity index (χ1n) is 23.0. The minimum Gasteiger partial charge on any atom is -0.418 e. The van der Waals surface area contributed by atoms with Crippen LogP contribution in [0.3, 0.4) is 0 Å². The first-order valence-corrected chi connectivity index (χ1v) is 26.1. The molecule has 0 spiro atoms. The Kier molecular flexibility index (Phi) is 28.0. The van der Waals surface area contributed by atoms with Crippen LogP contribution in [0.15, 0.2) is 243 Å². The maximum atomic E-state index is 9.75. The maximum Gasteiger partial charge on any atom is 1.00 e. The average Bonchev–Trinajstić information content (AvgIpc) is 3.45. The van der Waals surface area contributed by atoms with Gasteiger partial charge in [-0.2, -0.15) is 0 Å². The van der Waals surface area contributed by atoms with Crippen LogP contribution >= 0.6 is 15.8 Å². The van der Waals surface area contributed by atoms with Crippen molar-refractivity contribution >= 4 is 107 Å². The third-order valence-corrected chi connectivity index (χ3v) is 15.4. The van der Waals surface area contributed by atoms with Crippen molar-refractivity contribution in [1.82, 2.24) is 19.9 Å². The van der Waals surface area contributed by atoms with E-state index in [2.05, 4.69) is 225 Å². The van der Waals surface area contributed by atoms with E-state index in [0.717, 1.165) is 67.6 Å². The Morgan fingerprint density at radius 1 is 0.295 bits per heavy atom. The molecule has 410 valence electrons. The molecule has 11 rings (SSSR count). The molecule has 4 aromatic heterocycles. The molecular formula is C56H50Ag2B2F8N6O2P2. The monoisotopic (exact) mass is 1290 g/mol. The van der Waals surface area contributed by atoms with Crippen molar-refractivity contribution < 1.29 is 90.2 Å². The molecule has 78 heavy (non-hydrogen) atoms. The van der Waals surface area contributed by atoms with E-state index in [9.17, 15) is 34.5 Å². The summed E-state index contributed by atoms with van der Waals surface area (Å²) in [5.74, 6) is 0. The number of pyridine rings is 4. The molecule has 0 saturated carbocycles. The molecule has 0 aliphatic heterocycles. The van der Waals surface area contributed by atoms with Gasteiger partial charge >= 0.3 is 59.3 Å². The van der Waals surface area contributed by atoms with Crippen molar-refractivity contribution in [2.24, 2.45) is 0 Å². The second-order valence-corrected chi connectivity index (χ2v) is 20.3. The number of aromatic nitrogens is 4. The molecule has 8 nitrogen and oxygen atoms in total. The Bertz CT molecular complexity index is 3030. The standard InChI is InChI=1S/C32H30N2P2.2C12H8N2.2Ag.2BF4.2H2O/c1-5-13-29(14-6-1)35(30-15-7-2-8-16-30)25-33-27-21-23-28(24-22-27)34-26-36(31-17-9-3-10-18-31)32-19-11-4-12-20-32;2*1-3-9-5-6-10-4-2-8-14-12(10)11(9)13-7-1;;;2*2-1(3,4)5;;/h1-24,33-34H,25-26H2;2*1-8H;;;;;2*1H2/q;;;2*+1;2*-1;;. The molecule has 6 N–H and O–H groups in total. The van der Waals surface area contributed by atoms with Crippen LogP contribution in [0.2, 0.25) is 0 Å². The van der Waals surface area contributed by atoms with Crippen molar-refractivity contribution in [3.63, 3.8) is 0 Å².